The van der Waals surface area contributed by atoms with Crippen LogP contribution in [-0.4, -0.2) is 23.3 Å². The number of alkyl carbamates (subject to hydrolysis) is 1. The fraction of sp³-hybridized carbons (Fsp3) is 0.526. The third-order valence-corrected chi connectivity index (χ3v) is 4.19. The molecule has 1 aromatic carbocycles. The van der Waals surface area contributed by atoms with E-state index >= 15 is 0 Å². The van der Waals surface area contributed by atoms with E-state index in [-0.39, 0.29) is 0 Å². The van der Waals surface area contributed by atoms with Gasteiger partial charge in [-0.1, -0.05) is 44.5 Å². The zero-order valence-electron chi connectivity index (χ0n) is 15.7. The van der Waals surface area contributed by atoms with Gasteiger partial charge in [0.05, 0.1) is 6.04 Å². The molecule has 0 saturated heterocycles. The molecule has 0 saturated carbocycles. The highest BCUT2D eigenvalue weighted by atomic mass is 79.9. The first-order chi connectivity index (χ1) is 11.3. The topological polar surface area (TPSA) is 47.6 Å². The summed E-state index contributed by atoms with van der Waals surface area (Å²) in [6.07, 6.45) is 0.0338. The summed E-state index contributed by atoms with van der Waals surface area (Å²) in [5, 5.41) is 2.87. The van der Waals surface area contributed by atoms with Gasteiger partial charge in [-0.05, 0) is 59.2 Å². The Bertz CT molecular complexity index is 631. The average molecular weight is 477 g/mol. The smallest absolute Gasteiger partial charge is 0.408 e. The van der Waals surface area contributed by atoms with Gasteiger partial charge < -0.3 is 14.8 Å². The van der Waals surface area contributed by atoms with Crippen molar-refractivity contribution < 1.29 is 14.3 Å². The number of ether oxygens (including phenoxy) is 2. The molecular weight excluding hydrogens is 450 g/mol. The zero-order valence-corrected chi connectivity index (χ0v) is 18.9. The summed E-state index contributed by atoms with van der Waals surface area (Å²) in [5.74, 6) is 0.494. The van der Waals surface area contributed by atoms with Crippen LogP contribution >= 0.6 is 31.9 Å². The zero-order chi connectivity index (χ0) is 19.4. The molecule has 0 heterocycles. The maximum Gasteiger partial charge on any atom is 0.408 e. The quantitative estimate of drug-likeness (QED) is 0.532. The molecule has 0 bridgehead atoms. The predicted molar refractivity (Wildman–Crippen MR) is 109 cm³/mol. The first-order valence-corrected chi connectivity index (χ1v) is 9.67. The number of carbonyl (C=O) groups excluding carboxylic acids is 1. The summed E-state index contributed by atoms with van der Waals surface area (Å²) < 4.78 is 13.2. The third kappa shape index (κ3) is 8.77. The minimum absolute atomic E-state index is 0.401. The molecule has 0 aliphatic rings. The molecule has 1 N–H and O–H groups in total. The maximum atomic E-state index is 12.2. The molecule has 0 aliphatic carbocycles. The molecule has 0 aliphatic heterocycles. The Morgan fingerprint density at radius 1 is 1.12 bits per heavy atom. The Balaban J connectivity index is 2.98. The molecule has 25 heavy (non-hydrogen) atoms. The Morgan fingerprint density at radius 3 is 2.16 bits per heavy atom. The van der Waals surface area contributed by atoms with Crippen LogP contribution in [0.5, 0.6) is 0 Å². The van der Waals surface area contributed by atoms with Crippen LogP contribution in [-0.2, 0) is 15.9 Å². The van der Waals surface area contributed by atoms with Crippen LogP contribution in [0.4, 0.5) is 4.79 Å². The molecule has 1 unspecified atom stereocenters. The standard InChI is InChI=1S/C19H27Br2NO3/c1-12(24-18(2,3)4)16(22-17(23)25-19(5,6)7)10-13-8-9-14(20)11-15(13)21/h8-9,11,16H,1,10H2,2-7H3,(H,22,23). The minimum atomic E-state index is -0.570. The van der Waals surface area contributed by atoms with Gasteiger partial charge in [0.1, 0.15) is 17.0 Å². The van der Waals surface area contributed by atoms with Gasteiger partial charge in [0.2, 0.25) is 0 Å². The van der Waals surface area contributed by atoms with Crippen molar-refractivity contribution in [1.29, 1.82) is 0 Å². The number of rotatable bonds is 5. The number of hydrogen-bond acceptors (Lipinski definition) is 3. The highest BCUT2D eigenvalue weighted by Crippen LogP contribution is 2.25. The Labute approximate surface area is 167 Å². The Morgan fingerprint density at radius 2 is 1.68 bits per heavy atom. The van der Waals surface area contributed by atoms with E-state index in [0.717, 1.165) is 14.5 Å². The average Bonchev–Trinajstić information content (AvgIpc) is 2.36. The summed E-state index contributed by atoms with van der Waals surface area (Å²) in [6, 6.07) is 5.50. The van der Waals surface area contributed by atoms with E-state index < -0.39 is 23.3 Å². The molecule has 4 nitrogen and oxygen atoms in total. The van der Waals surface area contributed by atoms with Crippen molar-refractivity contribution in [2.75, 3.05) is 0 Å². The lowest BCUT2D eigenvalue weighted by Crippen LogP contribution is -2.42. The molecule has 6 heteroatoms. The van der Waals surface area contributed by atoms with Crippen molar-refractivity contribution in [3.05, 3.63) is 45.0 Å². The summed E-state index contributed by atoms with van der Waals surface area (Å²) in [6.45, 7) is 15.3. The molecule has 1 rings (SSSR count). The lowest BCUT2D eigenvalue weighted by Gasteiger charge is -2.29. The third-order valence-electron chi connectivity index (χ3n) is 2.96. The van der Waals surface area contributed by atoms with Gasteiger partial charge in [-0.15, -0.1) is 0 Å². The molecule has 1 atom stereocenters. The number of nitrogens with one attached hydrogen (secondary N) is 1. The van der Waals surface area contributed by atoms with E-state index in [1.54, 1.807) is 0 Å². The molecule has 140 valence electrons. The van der Waals surface area contributed by atoms with Crippen LogP contribution in [0.1, 0.15) is 47.1 Å². The molecule has 0 spiro atoms. The number of carbonyl (C=O) groups is 1. The summed E-state index contributed by atoms with van der Waals surface area (Å²) >= 11 is 7.00. The van der Waals surface area contributed by atoms with Crippen LogP contribution in [0.15, 0.2) is 39.5 Å². The van der Waals surface area contributed by atoms with Crippen molar-refractivity contribution in [2.45, 2.75) is 65.2 Å². The van der Waals surface area contributed by atoms with E-state index in [0.29, 0.717) is 12.2 Å². The van der Waals surface area contributed by atoms with E-state index in [4.69, 9.17) is 9.47 Å². The van der Waals surface area contributed by atoms with Crippen molar-refractivity contribution in [2.24, 2.45) is 0 Å². The molecular formula is C19H27Br2NO3. The van der Waals surface area contributed by atoms with Crippen LogP contribution in [0.25, 0.3) is 0 Å². The largest absolute Gasteiger partial charge is 0.491 e. The van der Waals surface area contributed by atoms with Gasteiger partial charge in [-0.2, -0.15) is 0 Å². The molecule has 0 fully saturated rings. The van der Waals surface area contributed by atoms with Crippen LogP contribution < -0.4 is 5.32 Å². The van der Waals surface area contributed by atoms with E-state index in [1.165, 1.54) is 0 Å². The summed E-state index contributed by atoms with van der Waals surface area (Å²) in [5.41, 5.74) is 0.0592. The van der Waals surface area contributed by atoms with E-state index in [2.05, 4.69) is 43.8 Å². The second-order valence-corrected chi connectivity index (χ2v) is 9.59. The SMILES string of the molecule is C=C(OC(C)(C)C)C(Cc1ccc(Br)cc1Br)NC(=O)OC(C)(C)C. The normalized spacial score (nSPS) is 13.1. The van der Waals surface area contributed by atoms with E-state index in [1.807, 2.05) is 59.7 Å². The van der Waals surface area contributed by atoms with Crippen LogP contribution in [0, 0.1) is 0 Å². The number of hydrogen-bond donors (Lipinski definition) is 1. The Hall–Kier alpha value is -1.01. The minimum Gasteiger partial charge on any atom is -0.491 e. The predicted octanol–water partition coefficient (Wildman–Crippen LogP) is 5.98. The first-order valence-electron chi connectivity index (χ1n) is 8.08. The van der Waals surface area contributed by atoms with Crippen molar-refractivity contribution >= 4 is 38.0 Å². The molecule has 1 amide bonds. The van der Waals surface area contributed by atoms with Crippen LogP contribution in [0.2, 0.25) is 0 Å². The van der Waals surface area contributed by atoms with E-state index in [9.17, 15) is 4.79 Å². The summed E-state index contributed by atoms with van der Waals surface area (Å²) in [4.78, 5) is 12.2. The van der Waals surface area contributed by atoms with Gasteiger partial charge in [-0.3, -0.25) is 0 Å². The monoisotopic (exact) mass is 475 g/mol. The molecule has 1 aromatic rings. The second kappa shape index (κ2) is 8.58. The number of halogens is 2. The van der Waals surface area contributed by atoms with Crippen molar-refractivity contribution in [3.63, 3.8) is 0 Å². The molecule has 0 aromatic heterocycles. The Kier molecular flexibility index (Phi) is 7.56. The van der Waals surface area contributed by atoms with Crippen molar-refractivity contribution in [3.8, 4) is 0 Å². The van der Waals surface area contributed by atoms with Gasteiger partial charge in [0, 0.05) is 15.4 Å². The van der Waals surface area contributed by atoms with Gasteiger partial charge in [-0.25, -0.2) is 4.79 Å². The maximum absolute atomic E-state index is 12.2. The highest BCUT2D eigenvalue weighted by molar-refractivity contribution is 9.11. The lowest BCUT2D eigenvalue weighted by molar-refractivity contribution is 0.0298. The fourth-order valence-electron chi connectivity index (χ4n) is 2.07. The highest BCUT2D eigenvalue weighted by Gasteiger charge is 2.25. The van der Waals surface area contributed by atoms with Crippen LogP contribution in [0.3, 0.4) is 0 Å². The lowest BCUT2D eigenvalue weighted by atomic mass is 10.0. The van der Waals surface area contributed by atoms with Crippen molar-refractivity contribution in [1.82, 2.24) is 5.32 Å². The fourth-order valence-corrected chi connectivity index (χ4v) is 3.28. The first kappa shape index (κ1) is 22.0. The number of benzene rings is 1. The second-order valence-electron chi connectivity index (χ2n) is 7.82. The number of amides is 1. The van der Waals surface area contributed by atoms with Gasteiger partial charge in [0.25, 0.3) is 0 Å². The molecule has 0 radical (unpaired) electrons. The summed E-state index contributed by atoms with van der Waals surface area (Å²) in [7, 11) is 0. The van der Waals surface area contributed by atoms with Gasteiger partial charge >= 0.3 is 6.09 Å². The van der Waals surface area contributed by atoms with Gasteiger partial charge in [0.15, 0.2) is 0 Å².